The van der Waals surface area contributed by atoms with Gasteiger partial charge in [-0.15, -0.1) is 0 Å². The summed E-state index contributed by atoms with van der Waals surface area (Å²) in [5.41, 5.74) is 2.10. The van der Waals surface area contributed by atoms with Gasteiger partial charge in [0.1, 0.15) is 5.92 Å². The van der Waals surface area contributed by atoms with Gasteiger partial charge in [0.2, 0.25) is 5.91 Å². The monoisotopic (exact) mass is 536 g/mol. The Kier molecular flexibility index (Phi) is 5.08. The Labute approximate surface area is 232 Å². The first kappa shape index (κ1) is 24.1. The van der Waals surface area contributed by atoms with Gasteiger partial charge in [-0.1, -0.05) is 48.5 Å². The molecule has 2 heterocycles. The smallest absolute Gasteiger partial charge is 0.235 e. The fraction of sp³-hybridized carbons (Fsp3) is 0.394. The summed E-state index contributed by atoms with van der Waals surface area (Å²) in [4.78, 5) is 30.3. The molecule has 1 spiro atoms. The predicted octanol–water partition coefficient (Wildman–Crippen LogP) is 4.06. The SMILES string of the molecule is O=C(Nc1cccc(-c2ccccc2)c1)C1C[C@@]2(O)[C@H]3Cc4ccc(O)c5c4[C@@]2(CCN3CC2CC2)[C@@H](O5)C1=O. The highest BCUT2D eigenvalue weighted by Gasteiger charge is 2.75. The summed E-state index contributed by atoms with van der Waals surface area (Å²) < 4.78 is 6.27. The Balaban J connectivity index is 1.16. The molecule has 0 aromatic heterocycles. The van der Waals surface area contributed by atoms with Crippen molar-refractivity contribution in [1.82, 2.24) is 4.90 Å². The number of ether oxygens (including phenoxy) is 1. The molecule has 2 saturated carbocycles. The van der Waals surface area contributed by atoms with Crippen molar-refractivity contribution in [2.24, 2.45) is 11.8 Å². The first-order valence-corrected chi connectivity index (χ1v) is 14.4. The maximum Gasteiger partial charge on any atom is 0.235 e. The van der Waals surface area contributed by atoms with Gasteiger partial charge in [0, 0.05) is 23.8 Å². The van der Waals surface area contributed by atoms with E-state index in [2.05, 4.69) is 10.2 Å². The Bertz CT molecular complexity index is 1550. The number of phenols is 1. The van der Waals surface area contributed by atoms with Crippen molar-refractivity contribution >= 4 is 17.4 Å². The molecule has 0 radical (unpaired) electrons. The lowest BCUT2D eigenvalue weighted by atomic mass is 9.47. The van der Waals surface area contributed by atoms with Gasteiger partial charge in [0.25, 0.3) is 0 Å². The molecular weight excluding hydrogens is 504 g/mol. The molecule has 1 saturated heterocycles. The predicted molar refractivity (Wildman–Crippen MR) is 149 cm³/mol. The highest BCUT2D eigenvalue weighted by atomic mass is 16.5. The molecule has 3 N–H and O–H groups in total. The third-order valence-electron chi connectivity index (χ3n) is 10.2. The first-order chi connectivity index (χ1) is 19.4. The van der Waals surface area contributed by atoms with E-state index < -0.39 is 28.9 Å². The molecule has 8 rings (SSSR count). The summed E-state index contributed by atoms with van der Waals surface area (Å²) in [5, 5.41) is 26.5. The minimum absolute atomic E-state index is 0.0183. The molecule has 5 atom stereocenters. The van der Waals surface area contributed by atoms with Crippen molar-refractivity contribution in [1.29, 1.82) is 0 Å². The number of likely N-dealkylation sites (tertiary alicyclic amines) is 1. The number of aromatic hydroxyl groups is 1. The molecule has 5 aliphatic rings. The number of anilines is 1. The van der Waals surface area contributed by atoms with E-state index in [-0.39, 0.29) is 24.0 Å². The number of hydrogen-bond donors (Lipinski definition) is 3. The van der Waals surface area contributed by atoms with Gasteiger partial charge < -0.3 is 20.3 Å². The van der Waals surface area contributed by atoms with E-state index in [1.54, 1.807) is 6.07 Å². The average molecular weight is 537 g/mol. The average Bonchev–Trinajstić information content (AvgIpc) is 3.70. The summed E-state index contributed by atoms with van der Waals surface area (Å²) in [6.07, 6.45) is 2.60. The van der Waals surface area contributed by atoms with Gasteiger partial charge >= 0.3 is 0 Å². The van der Waals surface area contributed by atoms with Crippen LogP contribution >= 0.6 is 0 Å². The summed E-state index contributed by atoms with van der Waals surface area (Å²) in [7, 11) is 0. The van der Waals surface area contributed by atoms with Gasteiger partial charge in [-0.05, 0) is 79.5 Å². The Morgan fingerprint density at radius 3 is 2.65 bits per heavy atom. The van der Waals surface area contributed by atoms with Crippen molar-refractivity contribution in [3.63, 3.8) is 0 Å². The number of rotatable bonds is 5. The zero-order valence-corrected chi connectivity index (χ0v) is 22.2. The van der Waals surface area contributed by atoms with Gasteiger partial charge in [-0.25, -0.2) is 0 Å². The van der Waals surface area contributed by atoms with Crippen LogP contribution in [0, 0.1) is 11.8 Å². The normalized spacial score (nSPS) is 31.8. The standard InChI is InChI=1S/C33H32N2O5/c36-25-12-11-22-16-26-33(39)17-24(31(38)34-23-8-4-7-21(15-23)20-5-2-1-3-6-20)28(37)30-32(33,27(22)29(25)40-30)13-14-35(26)18-19-9-10-19/h1-8,11-12,15,19,24,26,30,36,39H,9-10,13-14,16-18H2,(H,34,38)/t24?,26-,30+,32+,33-/m1/s1. The van der Waals surface area contributed by atoms with Crippen LogP contribution in [-0.2, 0) is 21.4 Å². The van der Waals surface area contributed by atoms with E-state index in [4.69, 9.17) is 4.74 Å². The third kappa shape index (κ3) is 3.25. The minimum Gasteiger partial charge on any atom is -0.504 e. The summed E-state index contributed by atoms with van der Waals surface area (Å²) in [6.45, 7) is 1.68. The molecule has 2 bridgehead atoms. The molecule has 3 fully saturated rings. The molecule has 3 aliphatic carbocycles. The van der Waals surface area contributed by atoms with Crippen LogP contribution in [0.3, 0.4) is 0 Å². The lowest BCUT2D eigenvalue weighted by Gasteiger charge is -2.63. The molecule has 40 heavy (non-hydrogen) atoms. The topological polar surface area (TPSA) is 99.1 Å². The Morgan fingerprint density at radius 1 is 1.05 bits per heavy atom. The number of phenolic OH excluding ortho intramolecular Hbond substituents is 1. The van der Waals surface area contributed by atoms with Crippen LogP contribution in [0.1, 0.15) is 36.8 Å². The van der Waals surface area contributed by atoms with Gasteiger partial charge in [-0.2, -0.15) is 0 Å². The highest BCUT2D eigenvalue weighted by molar-refractivity contribution is 6.10. The second kappa shape index (κ2) is 8.41. The molecule has 3 aromatic carbocycles. The van der Waals surface area contributed by atoms with Crippen LogP contribution in [0.5, 0.6) is 11.5 Å². The van der Waals surface area contributed by atoms with Crippen LogP contribution in [-0.4, -0.2) is 57.6 Å². The van der Waals surface area contributed by atoms with Crippen LogP contribution in [0.4, 0.5) is 5.69 Å². The lowest BCUT2D eigenvalue weighted by molar-refractivity contribution is -0.197. The number of amides is 1. The zero-order valence-electron chi connectivity index (χ0n) is 22.2. The number of carbonyl (C=O) groups excluding carboxylic acids is 2. The number of aliphatic hydroxyl groups is 1. The van der Waals surface area contributed by atoms with Crippen molar-refractivity contribution in [2.75, 3.05) is 18.4 Å². The summed E-state index contributed by atoms with van der Waals surface area (Å²) in [6, 6.07) is 20.8. The number of hydrogen-bond acceptors (Lipinski definition) is 6. The number of nitrogens with zero attached hydrogens (tertiary/aromatic N) is 1. The number of nitrogens with one attached hydrogen (secondary N) is 1. The molecule has 1 unspecified atom stereocenters. The largest absolute Gasteiger partial charge is 0.504 e. The molecule has 3 aromatic rings. The second-order valence-corrected chi connectivity index (χ2v) is 12.3. The quantitative estimate of drug-likeness (QED) is 0.426. The van der Waals surface area contributed by atoms with Gasteiger partial charge in [0.05, 0.1) is 11.0 Å². The van der Waals surface area contributed by atoms with Crippen LogP contribution < -0.4 is 10.1 Å². The van der Waals surface area contributed by atoms with Crippen LogP contribution in [0.2, 0.25) is 0 Å². The molecular formula is C33H32N2O5. The van der Waals surface area contributed by atoms with Crippen LogP contribution in [0.15, 0.2) is 66.7 Å². The van der Waals surface area contributed by atoms with E-state index in [1.807, 2.05) is 60.7 Å². The Morgan fingerprint density at radius 2 is 1.85 bits per heavy atom. The van der Waals surface area contributed by atoms with Crippen molar-refractivity contribution in [3.05, 3.63) is 77.9 Å². The minimum atomic E-state index is -1.33. The van der Waals surface area contributed by atoms with Gasteiger partial charge in [0.15, 0.2) is 23.4 Å². The number of piperidine rings is 1. The third-order valence-corrected chi connectivity index (χ3v) is 10.2. The Hall–Kier alpha value is -3.68. The summed E-state index contributed by atoms with van der Waals surface area (Å²) in [5.74, 6) is -0.884. The maximum atomic E-state index is 14.1. The highest BCUT2D eigenvalue weighted by Crippen LogP contribution is 2.65. The number of carbonyl (C=O) groups is 2. The maximum absolute atomic E-state index is 14.1. The van der Waals surface area contributed by atoms with Gasteiger partial charge in [-0.3, -0.25) is 14.5 Å². The first-order valence-electron chi connectivity index (χ1n) is 14.4. The molecule has 204 valence electrons. The van der Waals surface area contributed by atoms with E-state index in [0.717, 1.165) is 35.3 Å². The van der Waals surface area contributed by atoms with Crippen LogP contribution in [0.25, 0.3) is 11.1 Å². The fourth-order valence-electron chi connectivity index (χ4n) is 8.16. The molecule has 7 heteroatoms. The number of ketones is 1. The number of benzene rings is 3. The van der Waals surface area contributed by atoms with E-state index in [9.17, 15) is 19.8 Å². The number of Topliss-reactive ketones (excluding diaryl/α,β-unsaturated/α-hetero) is 1. The molecule has 2 aliphatic heterocycles. The molecule has 7 nitrogen and oxygen atoms in total. The zero-order chi connectivity index (χ0) is 27.2. The second-order valence-electron chi connectivity index (χ2n) is 12.3. The lowest BCUT2D eigenvalue weighted by Crippen LogP contribution is -2.78. The van der Waals surface area contributed by atoms with E-state index >= 15 is 0 Å². The molecule has 1 amide bonds. The van der Waals surface area contributed by atoms with E-state index in [1.165, 1.54) is 12.8 Å². The fourth-order valence-corrected chi connectivity index (χ4v) is 8.16. The van der Waals surface area contributed by atoms with Crippen molar-refractivity contribution in [3.8, 4) is 22.6 Å². The van der Waals surface area contributed by atoms with E-state index in [0.29, 0.717) is 30.2 Å². The van der Waals surface area contributed by atoms with Crippen molar-refractivity contribution < 1.29 is 24.5 Å². The summed E-state index contributed by atoms with van der Waals surface area (Å²) >= 11 is 0. The van der Waals surface area contributed by atoms with Crippen molar-refractivity contribution in [2.45, 2.75) is 55.3 Å².